The number of carbonyl (C=O) groups excluding carboxylic acids is 1. The van der Waals surface area contributed by atoms with Gasteiger partial charge in [-0.1, -0.05) is 18.2 Å². The first-order valence-corrected chi connectivity index (χ1v) is 10.2. The van der Waals surface area contributed by atoms with Crippen LogP contribution in [0.3, 0.4) is 0 Å². The van der Waals surface area contributed by atoms with Gasteiger partial charge in [0.05, 0.1) is 32.3 Å². The fraction of sp³-hybridized carbons (Fsp3) is 0.476. The molecule has 8 nitrogen and oxygen atoms in total. The number of hydrogen-bond donors (Lipinski definition) is 1. The van der Waals surface area contributed by atoms with Crippen molar-refractivity contribution >= 4 is 41.5 Å². The van der Waals surface area contributed by atoms with Gasteiger partial charge in [0.2, 0.25) is 5.91 Å². The number of para-hydroxylation sites is 1. The Balaban J connectivity index is 0.00000256. The fourth-order valence-electron chi connectivity index (χ4n) is 3.89. The molecule has 0 aliphatic carbocycles. The van der Waals surface area contributed by atoms with E-state index >= 15 is 0 Å². The number of morpholine rings is 1. The molecule has 3 heterocycles. The van der Waals surface area contributed by atoms with Gasteiger partial charge < -0.3 is 19.9 Å². The van der Waals surface area contributed by atoms with Crippen LogP contribution >= 0.6 is 24.0 Å². The number of ether oxygens (including phenoxy) is 1. The molecule has 1 fully saturated rings. The first-order chi connectivity index (χ1) is 14.2. The van der Waals surface area contributed by atoms with Crippen molar-refractivity contribution in [3.05, 3.63) is 47.8 Å². The van der Waals surface area contributed by atoms with Crippen LogP contribution in [0.25, 0.3) is 0 Å². The molecule has 9 heteroatoms. The average molecular weight is 524 g/mol. The van der Waals surface area contributed by atoms with Gasteiger partial charge in [-0.25, -0.2) is 0 Å². The van der Waals surface area contributed by atoms with Gasteiger partial charge in [-0.05, 0) is 18.6 Å². The van der Waals surface area contributed by atoms with Crippen molar-refractivity contribution in [3.63, 3.8) is 0 Å². The molecule has 2 aliphatic rings. The van der Waals surface area contributed by atoms with Crippen molar-refractivity contribution in [3.8, 4) is 0 Å². The van der Waals surface area contributed by atoms with Gasteiger partial charge in [-0.15, -0.1) is 24.0 Å². The molecule has 0 saturated carbocycles. The standard InChI is InChI=1S/C21H28N6O2.HI/c1-3-22-21(26-10-11-29-19(15-26)17-13-24-25(2)14-17)23-8-9-27-18-7-5-4-6-16(18)12-20(27)28;/h4-7,13-14,19H,3,8-12,15H2,1-2H3,(H,22,23);1H. The highest BCUT2D eigenvalue weighted by Crippen LogP contribution is 2.28. The lowest BCUT2D eigenvalue weighted by atomic mass is 10.1. The van der Waals surface area contributed by atoms with Crippen LogP contribution in [0.15, 0.2) is 41.7 Å². The van der Waals surface area contributed by atoms with E-state index < -0.39 is 0 Å². The van der Waals surface area contributed by atoms with E-state index in [9.17, 15) is 4.79 Å². The second-order valence-corrected chi connectivity index (χ2v) is 7.34. The number of nitrogens with one attached hydrogen (secondary N) is 1. The summed E-state index contributed by atoms with van der Waals surface area (Å²) in [4.78, 5) is 21.2. The number of amides is 1. The van der Waals surface area contributed by atoms with Crippen LogP contribution < -0.4 is 10.2 Å². The third-order valence-corrected chi connectivity index (χ3v) is 5.31. The van der Waals surface area contributed by atoms with Gasteiger partial charge in [0.1, 0.15) is 6.10 Å². The zero-order valence-electron chi connectivity index (χ0n) is 17.5. The van der Waals surface area contributed by atoms with Gasteiger partial charge >= 0.3 is 0 Å². The highest BCUT2D eigenvalue weighted by Gasteiger charge is 2.27. The number of aryl methyl sites for hydroxylation is 1. The third kappa shape index (κ3) is 4.94. The molecule has 0 bridgehead atoms. The molecule has 1 aromatic carbocycles. The number of nitrogens with zero attached hydrogens (tertiary/aromatic N) is 5. The number of carbonyl (C=O) groups is 1. The quantitative estimate of drug-likeness (QED) is 0.368. The van der Waals surface area contributed by atoms with E-state index in [-0.39, 0.29) is 36.0 Å². The molecule has 30 heavy (non-hydrogen) atoms. The Bertz CT molecular complexity index is 899. The molecule has 2 aromatic rings. The van der Waals surface area contributed by atoms with Crippen LogP contribution in [0.1, 0.15) is 24.2 Å². The minimum absolute atomic E-state index is 0. The normalized spacial score (nSPS) is 18.9. The first kappa shape index (κ1) is 22.5. The Morgan fingerprint density at radius 3 is 2.97 bits per heavy atom. The van der Waals surface area contributed by atoms with Gasteiger partial charge in [0.25, 0.3) is 0 Å². The van der Waals surface area contributed by atoms with Gasteiger partial charge in [0.15, 0.2) is 5.96 Å². The Hall–Kier alpha value is -2.14. The second-order valence-electron chi connectivity index (χ2n) is 7.34. The molecule has 1 amide bonds. The third-order valence-electron chi connectivity index (χ3n) is 5.31. The van der Waals surface area contributed by atoms with Crippen molar-refractivity contribution in [2.75, 3.05) is 44.2 Å². The SMILES string of the molecule is CCNC(=NCCN1C(=O)Cc2ccccc21)N1CCOC(c2cnn(C)c2)C1.I. The summed E-state index contributed by atoms with van der Waals surface area (Å²) in [5.74, 6) is 1.01. The second kappa shape index (κ2) is 10.3. The van der Waals surface area contributed by atoms with Crippen molar-refractivity contribution in [1.82, 2.24) is 20.0 Å². The molecule has 1 N–H and O–H groups in total. The van der Waals surface area contributed by atoms with Crippen LogP contribution in [0.4, 0.5) is 5.69 Å². The lowest BCUT2D eigenvalue weighted by Gasteiger charge is -2.35. The summed E-state index contributed by atoms with van der Waals surface area (Å²) < 4.78 is 7.74. The predicted molar refractivity (Wildman–Crippen MR) is 127 cm³/mol. The van der Waals surface area contributed by atoms with Gasteiger partial charge in [0, 0.05) is 44.1 Å². The molecule has 1 unspecified atom stereocenters. The number of benzene rings is 1. The summed E-state index contributed by atoms with van der Waals surface area (Å²) in [6, 6.07) is 7.99. The van der Waals surface area contributed by atoms with Crippen molar-refractivity contribution in [2.24, 2.45) is 12.0 Å². The minimum atomic E-state index is -0.0201. The summed E-state index contributed by atoms with van der Waals surface area (Å²) in [6.45, 7) is 6.14. The maximum absolute atomic E-state index is 12.4. The molecule has 1 aromatic heterocycles. The summed E-state index contributed by atoms with van der Waals surface area (Å²) in [6.07, 6.45) is 4.31. The van der Waals surface area contributed by atoms with E-state index in [1.54, 1.807) is 4.68 Å². The molecule has 0 radical (unpaired) electrons. The maximum Gasteiger partial charge on any atom is 0.231 e. The Kier molecular flexibility index (Phi) is 7.70. The zero-order chi connectivity index (χ0) is 20.2. The lowest BCUT2D eigenvalue weighted by molar-refractivity contribution is -0.117. The summed E-state index contributed by atoms with van der Waals surface area (Å²) in [7, 11) is 1.91. The van der Waals surface area contributed by atoms with Crippen molar-refractivity contribution in [2.45, 2.75) is 19.4 Å². The Morgan fingerprint density at radius 1 is 1.37 bits per heavy atom. The number of hydrogen-bond acceptors (Lipinski definition) is 4. The van der Waals surface area contributed by atoms with Crippen molar-refractivity contribution in [1.29, 1.82) is 0 Å². The first-order valence-electron chi connectivity index (χ1n) is 10.2. The molecule has 0 spiro atoms. The van der Waals surface area contributed by atoms with E-state index in [0.717, 1.165) is 42.4 Å². The van der Waals surface area contributed by atoms with E-state index in [1.165, 1.54) is 0 Å². The van der Waals surface area contributed by atoms with Gasteiger partial charge in [-0.2, -0.15) is 5.10 Å². The maximum atomic E-state index is 12.4. The number of fused-ring (bicyclic) bond motifs is 1. The molecule has 4 rings (SSSR count). The molecule has 1 saturated heterocycles. The highest BCUT2D eigenvalue weighted by atomic mass is 127. The molecular formula is C21H29IN6O2. The molecule has 2 aliphatic heterocycles. The van der Waals surface area contributed by atoms with E-state index in [4.69, 9.17) is 9.73 Å². The van der Waals surface area contributed by atoms with E-state index in [1.807, 2.05) is 48.6 Å². The average Bonchev–Trinajstić information content (AvgIpc) is 3.30. The van der Waals surface area contributed by atoms with Crippen LogP contribution in [-0.4, -0.2) is 65.9 Å². The smallest absolute Gasteiger partial charge is 0.231 e. The largest absolute Gasteiger partial charge is 0.370 e. The highest BCUT2D eigenvalue weighted by molar-refractivity contribution is 14.0. The fourth-order valence-corrected chi connectivity index (χ4v) is 3.89. The number of guanidine groups is 1. The number of anilines is 1. The minimum Gasteiger partial charge on any atom is -0.370 e. The zero-order valence-corrected chi connectivity index (χ0v) is 19.8. The predicted octanol–water partition coefficient (Wildman–Crippen LogP) is 1.97. The number of rotatable bonds is 5. The molecular weight excluding hydrogens is 495 g/mol. The summed E-state index contributed by atoms with van der Waals surface area (Å²) in [5, 5.41) is 7.63. The van der Waals surface area contributed by atoms with Crippen molar-refractivity contribution < 1.29 is 9.53 Å². The lowest BCUT2D eigenvalue weighted by Crippen LogP contribution is -2.48. The summed E-state index contributed by atoms with van der Waals surface area (Å²) in [5.41, 5.74) is 3.19. The summed E-state index contributed by atoms with van der Waals surface area (Å²) >= 11 is 0. The van der Waals surface area contributed by atoms with E-state index in [0.29, 0.717) is 26.1 Å². The molecule has 162 valence electrons. The van der Waals surface area contributed by atoms with Crippen LogP contribution in [0.5, 0.6) is 0 Å². The van der Waals surface area contributed by atoms with Crippen LogP contribution in [0, 0.1) is 0 Å². The number of aliphatic imine (C=N–C) groups is 1. The van der Waals surface area contributed by atoms with E-state index in [2.05, 4.69) is 22.2 Å². The number of aromatic nitrogens is 2. The number of halogens is 1. The Labute approximate surface area is 194 Å². The van der Waals surface area contributed by atoms with Gasteiger partial charge in [-0.3, -0.25) is 14.5 Å². The van der Waals surface area contributed by atoms with Crippen LogP contribution in [0.2, 0.25) is 0 Å². The monoisotopic (exact) mass is 524 g/mol. The van der Waals surface area contributed by atoms with Crippen LogP contribution in [-0.2, 0) is 23.0 Å². The topological polar surface area (TPSA) is 75.0 Å². The molecule has 1 atom stereocenters. The Morgan fingerprint density at radius 2 is 2.20 bits per heavy atom.